The zero-order valence-electron chi connectivity index (χ0n) is 15.4. The number of para-hydroxylation sites is 1. The number of hydrogen-bond acceptors (Lipinski definition) is 3. The number of halogens is 1. The standard InChI is InChI=1S/C23H20BrNO3/c1-16(28-22(26)15-17-11-13-19(24)14-12-17)23(27)25-21-10-6-5-9-20(21)18-7-3-2-4-8-18/h2-14,16H,15H2,1H3,(H,25,27). The molecule has 0 saturated heterocycles. The van der Waals surface area contributed by atoms with Crippen molar-refractivity contribution < 1.29 is 14.3 Å². The number of benzene rings is 3. The number of amides is 1. The molecule has 0 saturated carbocycles. The van der Waals surface area contributed by atoms with Crippen LogP contribution in [-0.4, -0.2) is 18.0 Å². The molecular weight excluding hydrogens is 418 g/mol. The first-order valence-electron chi connectivity index (χ1n) is 8.92. The molecule has 0 spiro atoms. The van der Waals surface area contributed by atoms with Crippen molar-refractivity contribution in [1.82, 2.24) is 0 Å². The molecule has 3 rings (SSSR count). The van der Waals surface area contributed by atoms with Crippen LogP contribution in [0.3, 0.4) is 0 Å². The molecule has 1 unspecified atom stereocenters. The SMILES string of the molecule is CC(OC(=O)Cc1ccc(Br)cc1)C(=O)Nc1ccccc1-c1ccccc1. The van der Waals surface area contributed by atoms with Crippen LogP contribution in [0.15, 0.2) is 83.3 Å². The second kappa shape index (κ2) is 9.33. The first-order chi connectivity index (χ1) is 13.5. The van der Waals surface area contributed by atoms with Gasteiger partial charge in [0, 0.05) is 15.7 Å². The van der Waals surface area contributed by atoms with E-state index in [1.54, 1.807) is 6.92 Å². The van der Waals surface area contributed by atoms with E-state index in [0.29, 0.717) is 5.69 Å². The van der Waals surface area contributed by atoms with E-state index < -0.39 is 12.1 Å². The molecule has 0 bridgehead atoms. The van der Waals surface area contributed by atoms with Gasteiger partial charge < -0.3 is 10.1 Å². The highest BCUT2D eigenvalue weighted by Crippen LogP contribution is 2.27. The Kier molecular flexibility index (Phi) is 6.61. The lowest BCUT2D eigenvalue weighted by Crippen LogP contribution is -2.30. The fraction of sp³-hybridized carbons (Fsp3) is 0.130. The molecule has 0 aliphatic rings. The molecule has 142 valence electrons. The third-order valence-electron chi connectivity index (χ3n) is 4.21. The summed E-state index contributed by atoms with van der Waals surface area (Å²) in [6, 6.07) is 24.7. The van der Waals surface area contributed by atoms with Gasteiger partial charge in [-0.25, -0.2) is 0 Å². The molecule has 3 aromatic rings. The Bertz CT molecular complexity index is 955. The lowest BCUT2D eigenvalue weighted by Gasteiger charge is -2.16. The van der Waals surface area contributed by atoms with Crippen LogP contribution in [0.1, 0.15) is 12.5 Å². The zero-order chi connectivity index (χ0) is 19.9. The van der Waals surface area contributed by atoms with Gasteiger partial charge in [-0.15, -0.1) is 0 Å². The molecule has 0 aromatic heterocycles. The lowest BCUT2D eigenvalue weighted by atomic mass is 10.0. The highest BCUT2D eigenvalue weighted by atomic mass is 79.9. The van der Waals surface area contributed by atoms with Crippen molar-refractivity contribution >= 4 is 33.5 Å². The van der Waals surface area contributed by atoms with Gasteiger partial charge in [-0.3, -0.25) is 9.59 Å². The van der Waals surface area contributed by atoms with Crippen LogP contribution in [-0.2, 0) is 20.7 Å². The Hall–Kier alpha value is -2.92. The van der Waals surface area contributed by atoms with Gasteiger partial charge in [-0.05, 0) is 36.2 Å². The molecule has 3 aromatic carbocycles. The molecule has 1 amide bonds. The van der Waals surface area contributed by atoms with Crippen molar-refractivity contribution in [3.8, 4) is 11.1 Å². The molecule has 0 heterocycles. The van der Waals surface area contributed by atoms with Gasteiger partial charge in [0.25, 0.3) is 5.91 Å². The van der Waals surface area contributed by atoms with E-state index in [9.17, 15) is 9.59 Å². The van der Waals surface area contributed by atoms with Crippen molar-refractivity contribution in [2.24, 2.45) is 0 Å². The van der Waals surface area contributed by atoms with Gasteiger partial charge in [0.2, 0.25) is 0 Å². The van der Waals surface area contributed by atoms with Gasteiger partial charge in [-0.2, -0.15) is 0 Å². The number of carbonyl (C=O) groups excluding carboxylic acids is 2. The molecule has 4 nitrogen and oxygen atoms in total. The maximum Gasteiger partial charge on any atom is 0.311 e. The highest BCUT2D eigenvalue weighted by molar-refractivity contribution is 9.10. The minimum absolute atomic E-state index is 0.117. The minimum Gasteiger partial charge on any atom is -0.452 e. The van der Waals surface area contributed by atoms with Crippen molar-refractivity contribution in [3.05, 3.63) is 88.9 Å². The van der Waals surface area contributed by atoms with Gasteiger partial charge in [0.15, 0.2) is 6.10 Å². The smallest absolute Gasteiger partial charge is 0.311 e. The summed E-state index contributed by atoms with van der Waals surface area (Å²) in [7, 11) is 0. The van der Waals surface area contributed by atoms with Crippen LogP contribution >= 0.6 is 15.9 Å². The topological polar surface area (TPSA) is 55.4 Å². The number of rotatable bonds is 6. The summed E-state index contributed by atoms with van der Waals surface area (Å²) in [4.78, 5) is 24.7. The lowest BCUT2D eigenvalue weighted by molar-refractivity contribution is -0.152. The predicted molar refractivity (Wildman–Crippen MR) is 114 cm³/mol. The number of ether oxygens (including phenoxy) is 1. The molecule has 0 aliphatic carbocycles. The van der Waals surface area contributed by atoms with E-state index in [1.807, 2.05) is 78.9 Å². The normalized spacial score (nSPS) is 11.5. The molecule has 1 atom stereocenters. The van der Waals surface area contributed by atoms with Gasteiger partial charge in [0.05, 0.1) is 6.42 Å². The fourth-order valence-electron chi connectivity index (χ4n) is 2.76. The Labute approximate surface area is 172 Å². The molecule has 28 heavy (non-hydrogen) atoms. The number of esters is 1. The van der Waals surface area contributed by atoms with Gasteiger partial charge in [0.1, 0.15) is 0 Å². The van der Waals surface area contributed by atoms with E-state index in [1.165, 1.54) is 0 Å². The Morgan fingerprint density at radius 2 is 1.57 bits per heavy atom. The average Bonchev–Trinajstić information content (AvgIpc) is 2.70. The summed E-state index contributed by atoms with van der Waals surface area (Å²) >= 11 is 3.36. The van der Waals surface area contributed by atoms with E-state index in [0.717, 1.165) is 21.2 Å². The van der Waals surface area contributed by atoms with Crippen LogP contribution in [0.5, 0.6) is 0 Å². The first kappa shape index (κ1) is 19.8. The Balaban J connectivity index is 1.63. The largest absolute Gasteiger partial charge is 0.452 e. The summed E-state index contributed by atoms with van der Waals surface area (Å²) in [6.45, 7) is 1.57. The van der Waals surface area contributed by atoms with Gasteiger partial charge in [-0.1, -0.05) is 76.6 Å². The Morgan fingerprint density at radius 3 is 2.29 bits per heavy atom. The van der Waals surface area contributed by atoms with E-state index in [-0.39, 0.29) is 12.3 Å². The van der Waals surface area contributed by atoms with Crippen molar-refractivity contribution in [1.29, 1.82) is 0 Å². The van der Waals surface area contributed by atoms with Crippen molar-refractivity contribution in [2.45, 2.75) is 19.4 Å². The molecule has 0 aliphatic heterocycles. The second-order valence-electron chi connectivity index (χ2n) is 6.34. The molecule has 0 radical (unpaired) electrons. The molecule has 1 N–H and O–H groups in total. The van der Waals surface area contributed by atoms with Crippen LogP contribution < -0.4 is 5.32 Å². The monoisotopic (exact) mass is 437 g/mol. The van der Waals surface area contributed by atoms with E-state index in [4.69, 9.17) is 4.74 Å². The molecular formula is C23H20BrNO3. The van der Waals surface area contributed by atoms with E-state index >= 15 is 0 Å². The minimum atomic E-state index is -0.897. The molecule has 5 heteroatoms. The van der Waals surface area contributed by atoms with Gasteiger partial charge >= 0.3 is 5.97 Å². The number of nitrogens with one attached hydrogen (secondary N) is 1. The third kappa shape index (κ3) is 5.30. The summed E-state index contributed by atoms with van der Waals surface area (Å²) in [5.41, 5.74) is 3.41. The Morgan fingerprint density at radius 1 is 0.929 bits per heavy atom. The van der Waals surface area contributed by atoms with Crippen LogP contribution in [0.25, 0.3) is 11.1 Å². The highest BCUT2D eigenvalue weighted by Gasteiger charge is 2.19. The number of anilines is 1. The average molecular weight is 438 g/mol. The summed E-state index contributed by atoms with van der Waals surface area (Å²) in [6.07, 6.45) is -0.780. The second-order valence-corrected chi connectivity index (χ2v) is 7.25. The first-order valence-corrected chi connectivity index (χ1v) is 9.71. The number of carbonyl (C=O) groups is 2. The maximum absolute atomic E-state index is 12.5. The third-order valence-corrected chi connectivity index (χ3v) is 4.74. The summed E-state index contributed by atoms with van der Waals surface area (Å²) < 4.78 is 6.24. The fourth-order valence-corrected chi connectivity index (χ4v) is 3.02. The van der Waals surface area contributed by atoms with Crippen molar-refractivity contribution in [3.63, 3.8) is 0 Å². The quantitative estimate of drug-likeness (QED) is 0.537. The summed E-state index contributed by atoms with van der Waals surface area (Å²) in [5, 5.41) is 2.86. The van der Waals surface area contributed by atoms with Crippen LogP contribution in [0.2, 0.25) is 0 Å². The molecule has 0 fully saturated rings. The zero-order valence-corrected chi connectivity index (χ0v) is 17.0. The van der Waals surface area contributed by atoms with E-state index in [2.05, 4.69) is 21.2 Å². The number of hydrogen-bond donors (Lipinski definition) is 1. The maximum atomic E-state index is 12.5. The van der Waals surface area contributed by atoms with Crippen molar-refractivity contribution in [2.75, 3.05) is 5.32 Å². The summed E-state index contributed by atoms with van der Waals surface area (Å²) in [5.74, 6) is -0.811. The van der Waals surface area contributed by atoms with Crippen LogP contribution in [0, 0.1) is 0 Å². The van der Waals surface area contributed by atoms with Crippen LogP contribution in [0.4, 0.5) is 5.69 Å². The predicted octanol–water partition coefficient (Wildman–Crippen LogP) is 5.23.